The molecule has 0 radical (unpaired) electrons. The third-order valence-electron chi connectivity index (χ3n) is 2.01. The van der Waals surface area contributed by atoms with Gasteiger partial charge in [0, 0.05) is 13.2 Å². The van der Waals surface area contributed by atoms with Gasteiger partial charge in [-0.1, -0.05) is 0 Å². The van der Waals surface area contributed by atoms with E-state index in [4.69, 9.17) is 14.6 Å². The van der Waals surface area contributed by atoms with Crippen molar-refractivity contribution in [2.75, 3.05) is 33.4 Å². The summed E-state index contributed by atoms with van der Waals surface area (Å²) >= 11 is 0. The van der Waals surface area contributed by atoms with Crippen LogP contribution in [0, 0.1) is 0 Å². The van der Waals surface area contributed by atoms with Crippen LogP contribution < -0.4 is 0 Å². The maximum atomic E-state index is 8.87. The van der Waals surface area contributed by atoms with Crippen molar-refractivity contribution in [1.82, 2.24) is 4.90 Å². The van der Waals surface area contributed by atoms with Crippen molar-refractivity contribution < 1.29 is 14.6 Å². The third-order valence-corrected chi connectivity index (χ3v) is 2.01. The number of hydrogen-bond acceptors (Lipinski definition) is 4. The van der Waals surface area contributed by atoms with Crippen molar-refractivity contribution in [2.45, 2.75) is 25.9 Å². The Morgan fingerprint density at radius 3 is 2.79 bits per heavy atom. The zero-order valence-electron chi connectivity index (χ0n) is 9.11. The number of carbonyl (C=O) groups is 1. The third kappa shape index (κ3) is 7.00. The maximum absolute atomic E-state index is 8.87. The summed E-state index contributed by atoms with van der Waals surface area (Å²) in [6, 6.07) is 0. The van der Waals surface area contributed by atoms with Gasteiger partial charge in [-0.25, -0.2) is 0 Å². The van der Waals surface area contributed by atoms with E-state index >= 15 is 0 Å². The molecule has 0 aromatic rings. The van der Waals surface area contributed by atoms with E-state index in [1.807, 2.05) is 0 Å². The van der Waals surface area contributed by atoms with Crippen molar-refractivity contribution >= 4 is 6.29 Å². The van der Waals surface area contributed by atoms with Crippen LogP contribution in [0.3, 0.4) is 0 Å². The number of aliphatic hydroxyl groups excluding tert-OH is 1. The first-order chi connectivity index (χ1) is 6.74. The van der Waals surface area contributed by atoms with Crippen LogP contribution in [0.2, 0.25) is 0 Å². The molecule has 1 unspecified atom stereocenters. The zero-order chi connectivity index (χ0) is 10.8. The highest BCUT2D eigenvalue weighted by atomic mass is 16.5. The molecule has 1 aliphatic heterocycles. The van der Waals surface area contributed by atoms with Crippen LogP contribution in [0.1, 0.15) is 19.8 Å². The zero-order valence-corrected chi connectivity index (χ0v) is 9.11. The van der Waals surface area contributed by atoms with Gasteiger partial charge in [-0.15, -0.1) is 0 Å². The van der Waals surface area contributed by atoms with Gasteiger partial charge in [0.15, 0.2) is 0 Å². The predicted molar refractivity (Wildman–Crippen MR) is 55.3 cm³/mol. The van der Waals surface area contributed by atoms with E-state index in [9.17, 15) is 0 Å². The standard InChI is InChI=1S/C8H17NO2.C2H4O/c1-9-4-2-3-5-11-8(6-9)7-10;1-2-3/h8,10H,2-7H2,1H3;2H,1H3. The van der Waals surface area contributed by atoms with Crippen LogP contribution in [0.25, 0.3) is 0 Å². The molecule has 1 atom stereocenters. The number of aliphatic hydroxyl groups is 1. The quantitative estimate of drug-likeness (QED) is 0.623. The molecule has 0 spiro atoms. The Morgan fingerprint density at radius 1 is 1.57 bits per heavy atom. The van der Waals surface area contributed by atoms with E-state index in [0.29, 0.717) is 0 Å². The Labute approximate surface area is 85.9 Å². The van der Waals surface area contributed by atoms with Gasteiger partial charge >= 0.3 is 0 Å². The summed E-state index contributed by atoms with van der Waals surface area (Å²) < 4.78 is 5.41. The topological polar surface area (TPSA) is 49.8 Å². The summed E-state index contributed by atoms with van der Waals surface area (Å²) in [5.41, 5.74) is 0. The largest absolute Gasteiger partial charge is 0.394 e. The lowest BCUT2D eigenvalue weighted by Gasteiger charge is -2.25. The summed E-state index contributed by atoms with van der Waals surface area (Å²) in [4.78, 5) is 11.0. The highest BCUT2D eigenvalue weighted by molar-refractivity contribution is 5.44. The second kappa shape index (κ2) is 9.12. The minimum Gasteiger partial charge on any atom is -0.394 e. The average molecular weight is 203 g/mol. The van der Waals surface area contributed by atoms with Gasteiger partial charge < -0.3 is 19.5 Å². The molecule has 0 saturated carbocycles. The predicted octanol–water partition coefficient (Wildman–Crippen LogP) is 0.295. The van der Waals surface area contributed by atoms with Crippen LogP contribution in [-0.4, -0.2) is 55.7 Å². The fourth-order valence-electron chi connectivity index (χ4n) is 1.34. The highest BCUT2D eigenvalue weighted by Gasteiger charge is 2.12. The molecule has 0 bridgehead atoms. The Balaban J connectivity index is 0.000000500. The number of ether oxygens (including phenoxy) is 1. The number of hydrogen-bond donors (Lipinski definition) is 1. The Bertz CT molecular complexity index is 141. The molecule has 4 heteroatoms. The molecule has 0 aliphatic carbocycles. The fraction of sp³-hybridized carbons (Fsp3) is 0.900. The maximum Gasteiger partial charge on any atom is 0.116 e. The first kappa shape index (κ1) is 13.5. The van der Waals surface area contributed by atoms with Crippen molar-refractivity contribution in [1.29, 1.82) is 0 Å². The van der Waals surface area contributed by atoms with Crippen LogP contribution >= 0.6 is 0 Å². The lowest BCUT2D eigenvalue weighted by atomic mass is 10.2. The second-order valence-electron chi connectivity index (χ2n) is 3.38. The van der Waals surface area contributed by atoms with Crippen LogP contribution in [0.5, 0.6) is 0 Å². The molecule has 1 fully saturated rings. The molecule has 4 nitrogen and oxygen atoms in total. The highest BCUT2D eigenvalue weighted by Crippen LogP contribution is 2.03. The van der Waals surface area contributed by atoms with E-state index in [1.54, 1.807) is 0 Å². The molecule has 1 rings (SSSR count). The first-order valence-electron chi connectivity index (χ1n) is 5.05. The fourth-order valence-corrected chi connectivity index (χ4v) is 1.34. The van der Waals surface area contributed by atoms with Gasteiger partial charge in [-0.3, -0.25) is 0 Å². The molecule has 84 valence electrons. The van der Waals surface area contributed by atoms with E-state index < -0.39 is 0 Å². The van der Waals surface area contributed by atoms with Gasteiger partial charge in [0.2, 0.25) is 0 Å². The van der Waals surface area contributed by atoms with E-state index in [-0.39, 0.29) is 12.7 Å². The number of likely N-dealkylation sites (N-methyl/N-ethyl adjacent to an activating group) is 1. The Morgan fingerprint density at radius 2 is 2.21 bits per heavy atom. The van der Waals surface area contributed by atoms with E-state index in [0.717, 1.165) is 32.4 Å². The summed E-state index contributed by atoms with van der Waals surface area (Å²) in [5.74, 6) is 0. The molecular formula is C10H21NO3. The molecule has 14 heavy (non-hydrogen) atoms. The van der Waals surface area contributed by atoms with E-state index in [1.165, 1.54) is 13.3 Å². The lowest BCUT2D eigenvalue weighted by molar-refractivity contribution is -0.106. The van der Waals surface area contributed by atoms with Crippen LogP contribution in [-0.2, 0) is 9.53 Å². The molecule has 0 aromatic heterocycles. The van der Waals surface area contributed by atoms with Crippen molar-refractivity contribution in [2.24, 2.45) is 0 Å². The number of nitrogens with zero attached hydrogens (tertiary/aromatic N) is 1. The summed E-state index contributed by atoms with van der Waals surface area (Å²) in [6.07, 6.45) is 3.09. The van der Waals surface area contributed by atoms with E-state index in [2.05, 4.69) is 11.9 Å². The normalized spacial score (nSPS) is 24.1. The van der Waals surface area contributed by atoms with Gasteiger partial charge in [-0.05, 0) is 33.4 Å². The smallest absolute Gasteiger partial charge is 0.116 e. The Hall–Kier alpha value is -0.450. The molecule has 1 heterocycles. The molecule has 1 aliphatic rings. The summed E-state index contributed by atoms with van der Waals surface area (Å²) in [5, 5.41) is 8.87. The molecule has 0 aromatic carbocycles. The first-order valence-corrected chi connectivity index (χ1v) is 5.05. The molecule has 0 amide bonds. The Kier molecular flexibility index (Phi) is 8.83. The van der Waals surface area contributed by atoms with Crippen LogP contribution in [0.15, 0.2) is 0 Å². The van der Waals surface area contributed by atoms with Crippen LogP contribution in [0.4, 0.5) is 0 Å². The molecule has 1 saturated heterocycles. The minimum atomic E-state index is 0.0281. The average Bonchev–Trinajstić information content (AvgIpc) is 2.12. The molecule has 1 N–H and O–H groups in total. The summed E-state index contributed by atoms with van der Waals surface area (Å²) in [7, 11) is 2.07. The van der Waals surface area contributed by atoms with Gasteiger partial charge in [0.1, 0.15) is 6.29 Å². The molecular weight excluding hydrogens is 182 g/mol. The number of carbonyl (C=O) groups excluding carboxylic acids is 1. The van der Waals surface area contributed by atoms with Gasteiger partial charge in [0.25, 0.3) is 0 Å². The van der Waals surface area contributed by atoms with Crippen molar-refractivity contribution in [3.63, 3.8) is 0 Å². The number of rotatable bonds is 1. The monoisotopic (exact) mass is 203 g/mol. The van der Waals surface area contributed by atoms with Gasteiger partial charge in [0.05, 0.1) is 12.7 Å². The summed E-state index contributed by atoms with van der Waals surface area (Å²) in [6.45, 7) is 4.37. The second-order valence-corrected chi connectivity index (χ2v) is 3.38. The van der Waals surface area contributed by atoms with Crippen molar-refractivity contribution in [3.05, 3.63) is 0 Å². The number of aldehydes is 1. The van der Waals surface area contributed by atoms with Gasteiger partial charge in [-0.2, -0.15) is 0 Å². The minimum absolute atomic E-state index is 0.0281. The lowest BCUT2D eigenvalue weighted by Crippen LogP contribution is -2.36. The SMILES string of the molecule is CC=O.CN1CCCCOC(CO)C1. The van der Waals surface area contributed by atoms with Crippen molar-refractivity contribution in [3.8, 4) is 0 Å².